The summed E-state index contributed by atoms with van der Waals surface area (Å²) in [5.41, 5.74) is -1.85. The van der Waals surface area contributed by atoms with Crippen molar-refractivity contribution in [3.8, 4) is 0 Å². The number of fused-ring (bicyclic) bond motifs is 1. The van der Waals surface area contributed by atoms with Crippen LogP contribution < -0.4 is 10.6 Å². The average Bonchev–Trinajstić information content (AvgIpc) is 2.79. The molecular formula is C14H24F2N2O2. The van der Waals surface area contributed by atoms with Gasteiger partial charge in [-0.1, -0.05) is 13.8 Å². The summed E-state index contributed by atoms with van der Waals surface area (Å²) in [7, 11) is 0. The fraction of sp³-hybridized carbons (Fsp3) is 0.929. The highest BCUT2D eigenvalue weighted by atomic mass is 19.3. The van der Waals surface area contributed by atoms with Crippen molar-refractivity contribution in [3.63, 3.8) is 0 Å². The lowest BCUT2D eigenvalue weighted by Crippen LogP contribution is -2.54. The van der Waals surface area contributed by atoms with Crippen molar-refractivity contribution in [2.75, 3.05) is 32.8 Å². The van der Waals surface area contributed by atoms with E-state index in [1.165, 1.54) is 13.8 Å². The van der Waals surface area contributed by atoms with Crippen LogP contribution >= 0.6 is 0 Å². The third-order valence-corrected chi connectivity index (χ3v) is 4.91. The summed E-state index contributed by atoms with van der Waals surface area (Å²) in [6, 6.07) is 0. The first-order valence-electron chi connectivity index (χ1n) is 7.14. The molecule has 4 nitrogen and oxygen atoms in total. The molecular weight excluding hydrogens is 266 g/mol. The molecule has 0 aromatic rings. The number of alkyl halides is 2. The van der Waals surface area contributed by atoms with E-state index in [0.717, 1.165) is 19.9 Å². The van der Waals surface area contributed by atoms with Crippen LogP contribution in [0.1, 0.15) is 27.2 Å². The minimum Gasteiger partial charge on any atom is -0.380 e. The Morgan fingerprint density at radius 1 is 1.45 bits per heavy atom. The van der Waals surface area contributed by atoms with Gasteiger partial charge in [-0.25, -0.2) is 8.78 Å². The molecule has 0 aromatic heterocycles. The van der Waals surface area contributed by atoms with E-state index in [4.69, 9.17) is 4.74 Å². The molecule has 2 heterocycles. The zero-order valence-electron chi connectivity index (χ0n) is 12.4. The molecule has 2 aliphatic heterocycles. The van der Waals surface area contributed by atoms with Gasteiger partial charge in [0.15, 0.2) is 0 Å². The van der Waals surface area contributed by atoms with E-state index in [9.17, 15) is 13.6 Å². The summed E-state index contributed by atoms with van der Waals surface area (Å²) in [5, 5.41) is 5.95. The number of nitrogens with one attached hydrogen (secondary N) is 2. The molecule has 0 bridgehead atoms. The molecule has 0 radical (unpaired) electrons. The van der Waals surface area contributed by atoms with Crippen LogP contribution in [0, 0.1) is 16.7 Å². The van der Waals surface area contributed by atoms with Crippen LogP contribution in [0.25, 0.3) is 0 Å². The lowest BCUT2D eigenvalue weighted by Gasteiger charge is -2.38. The van der Waals surface area contributed by atoms with E-state index in [1.807, 2.05) is 0 Å². The second-order valence-electron chi connectivity index (χ2n) is 6.78. The van der Waals surface area contributed by atoms with Gasteiger partial charge < -0.3 is 15.4 Å². The van der Waals surface area contributed by atoms with Crippen LogP contribution in [-0.4, -0.2) is 44.7 Å². The Morgan fingerprint density at radius 2 is 2.15 bits per heavy atom. The average molecular weight is 290 g/mol. The zero-order valence-corrected chi connectivity index (χ0v) is 12.4. The molecule has 1 amide bonds. The topological polar surface area (TPSA) is 50.4 Å². The second kappa shape index (κ2) is 5.22. The first kappa shape index (κ1) is 15.6. The van der Waals surface area contributed by atoms with Gasteiger partial charge in [0.25, 0.3) is 5.92 Å². The maximum atomic E-state index is 13.5. The molecule has 2 atom stereocenters. The molecule has 116 valence electrons. The number of carbonyl (C=O) groups is 1. The monoisotopic (exact) mass is 290 g/mol. The third-order valence-electron chi connectivity index (χ3n) is 4.91. The molecule has 2 rings (SSSR count). The molecule has 2 saturated heterocycles. The van der Waals surface area contributed by atoms with Crippen LogP contribution in [0.15, 0.2) is 0 Å². The molecule has 0 unspecified atom stereocenters. The summed E-state index contributed by atoms with van der Waals surface area (Å²) >= 11 is 0. The molecule has 2 N–H and O–H groups in total. The summed E-state index contributed by atoms with van der Waals surface area (Å²) in [5.74, 6) is -2.76. The Morgan fingerprint density at radius 3 is 2.80 bits per heavy atom. The van der Waals surface area contributed by atoms with Crippen LogP contribution in [0.3, 0.4) is 0 Å². The van der Waals surface area contributed by atoms with E-state index < -0.39 is 16.8 Å². The maximum absolute atomic E-state index is 13.5. The molecule has 0 spiro atoms. The van der Waals surface area contributed by atoms with E-state index >= 15 is 0 Å². The standard InChI is InChI=1S/C14H24F2N2O2/c1-12(2,13(3,15)16)7-18-11(19)14-8-17-6-10(14)4-5-20-9-14/h10,17H,4-9H2,1-3H3,(H,18,19)/t10-,14+/m1/s1. The van der Waals surface area contributed by atoms with Crippen LogP contribution in [0.5, 0.6) is 0 Å². The number of hydrogen-bond acceptors (Lipinski definition) is 3. The molecule has 2 fully saturated rings. The quantitative estimate of drug-likeness (QED) is 0.823. The Bertz CT molecular complexity index is 382. The highest BCUT2D eigenvalue weighted by Crippen LogP contribution is 2.39. The van der Waals surface area contributed by atoms with E-state index in [-0.39, 0.29) is 18.4 Å². The second-order valence-corrected chi connectivity index (χ2v) is 6.78. The number of rotatable bonds is 4. The molecule has 0 aliphatic carbocycles. The zero-order chi connectivity index (χ0) is 15.0. The maximum Gasteiger partial charge on any atom is 0.252 e. The fourth-order valence-corrected chi connectivity index (χ4v) is 2.80. The third kappa shape index (κ3) is 2.68. The van der Waals surface area contributed by atoms with Gasteiger partial charge in [0.1, 0.15) is 0 Å². The van der Waals surface area contributed by atoms with Crippen LogP contribution in [0.2, 0.25) is 0 Å². The van der Waals surface area contributed by atoms with Gasteiger partial charge >= 0.3 is 0 Å². The van der Waals surface area contributed by atoms with Crippen LogP contribution in [0.4, 0.5) is 8.78 Å². The molecule has 0 saturated carbocycles. The minimum absolute atomic E-state index is 0.0379. The van der Waals surface area contributed by atoms with E-state index in [2.05, 4.69) is 10.6 Å². The first-order valence-corrected chi connectivity index (χ1v) is 7.14. The van der Waals surface area contributed by atoms with Crippen molar-refractivity contribution in [3.05, 3.63) is 0 Å². The van der Waals surface area contributed by atoms with Crippen molar-refractivity contribution in [1.82, 2.24) is 10.6 Å². The van der Waals surface area contributed by atoms with Gasteiger partial charge in [0.2, 0.25) is 5.91 Å². The van der Waals surface area contributed by atoms with Crippen molar-refractivity contribution in [2.24, 2.45) is 16.7 Å². The molecule has 0 aromatic carbocycles. The van der Waals surface area contributed by atoms with Gasteiger partial charge in [-0.15, -0.1) is 0 Å². The fourth-order valence-electron chi connectivity index (χ4n) is 2.80. The van der Waals surface area contributed by atoms with Gasteiger partial charge in [-0.3, -0.25) is 4.79 Å². The summed E-state index contributed by atoms with van der Waals surface area (Å²) < 4.78 is 32.4. The van der Waals surface area contributed by atoms with Gasteiger partial charge in [-0.05, 0) is 25.8 Å². The summed E-state index contributed by atoms with van der Waals surface area (Å²) in [6.07, 6.45) is 0.841. The number of hydrogen-bond donors (Lipinski definition) is 2. The smallest absolute Gasteiger partial charge is 0.252 e. The number of halogens is 2. The SMILES string of the molecule is CC(F)(F)C(C)(C)CNC(=O)[C@]12CNC[C@H]1CCOC2. The minimum atomic E-state index is -2.84. The predicted molar refractivity (Wildman–Crippen MR) is 71.6 cm³/mol. The lowest BCUT2D eigenvalue weighted by atomic mass is 9.74. The lowest BCUT2D eigenvalue weighted by molar-refractivity contribution is -0.143. The number of carbonyl (C=O) groups excluding carboxylic acids is 1. The van der Waals surface area contributed by atoms with E-state index in [1.54, 1.807) is 0 Å². The van der Waals surface area contributed by atoms with Crippen molar-refractivity contribution >= 4 is 5.91 Å². The number of ether oxygens (including phenoxy) is 1. The van der Waals surface area contributed by atoms with Crippen molar-refractivity contribution in [2.45, 2.75) is 33.1 Å². The first-order chi connectivity index (χ1) is 9.19. The van der Waals surface area contributed by atoms with Gasteiger partial charge in [0.05, 0.1) is 12.0 Å². The van der Waals surface area contributed by atoms with Gasteiger partial charge in [-0.2, -0.15) is 0 Å². The predicted octanol–water partition coefficient (Wildman–Crippen LogP) is 1.41. The normalized spacial score (nSPS) is 30.9. The van der Waals surface area contributed by atoms with Crippen molar-refractivity contribution < 1.29 is 18.3 Å². The number of amides is 1. The highest BCUT2D eigenvalue weighted by Gasteiger charge is 2.51. The molecule has 2 aliphatic rings. The molecule has 20 heavy (non-hydrogen) atoms. The van der Waals surface area contributed by atoms with Crippen molar-refractivity contribution in [1.29, 1.82) is 0 Å². The molecule has 6 heteroatoms. The Hall–Kier alpha value is -0.750. The van der Waals surface area contributed by atoms with Gasteiger partial charge in [0, 0.05) is 25.1 Å². The highest BCUT2D eigenvalue weighted by molar-refractivity contribution is 5.84. The van der Waals surface area contributed by atoms with E-state index in [0.29, 0.717) is 19.8 Å². The summed E-state index contributed by atoms with van der Waals surface area (Å²) in [4.78, 5) is 12.5. The Labute approximate surface area is 118 Å². The Kier molecular flexibility index (Phi) is 4.08. The summed E-state index contributed by atoms with van der Waals surface area (Å²) in [6.45, 7) is 6.18. The largest absolute Gasteiger partial charge is 0.380 e. The van der Waals surface area contributed by atoms with Crippen LogP contribution in [-0.2, 0) is 9.53 Å². The Balaban J connectivity index is 2.01.